The van der Waals surface area contributed by atoms with Crippen LogP contribution >= 0.6 is 0 Å². The van der Waals surface area contributed by atoms with E-state index in [0.29, 0.717) is 24.2 Å². The Kier molecular flexibility index (Phi) is 4.45. The van der Waals surface area contributed by atoms with Crippen LogP contribution in [0.15, 0.2) is 0 Å². The monoisotopic (exact) mass is 240 g/mol. The average Bonchev–Trinajstić information content (AvgIpc) is 2.75. The number of hydrogen-bond acceptors (Lipinski definition) is 3. The lowest BCUT2D eigenvalue weighted by molar-refractivity contribution is 0.0292. The zero-order valence-electron chi connectivity index (χ0n) is 11.8. The molecule has 0 radical (unpaired) electrons. The maximum absolute atomic E-state index is 5.73. The van der Waals surface area contributed by atoms with E-state index in [1.807, 2.05) is 0 Å². The van der Waals surface area contributed by atoms with Crippen molar-refractivity contribution in [2.75, 3.05) is 19.7 Å². The topological polar surface area (TPSA) is 24.5 Å². The summed E-state index contributed by atoms with van der Waals surface area (Å²) >= 11 is 0. The number of rotatable bonds is 3. The van der Waals surface area contributed by atoms with E-state index in [-0.39, 0.29) is 0 Å². The van der Waals surface area contributed by atoms with Gasteiger partial charge in [-0.1, -0.05) is 20.3 Å². The molecule has 2 saturated heterocycles. The van der Waals surface area contributed by atoms with E-state index in [1.54, 1.807) is 0 Å². The molecule has 3 nitrogen and oxygen atoms in total. The number of nitrogens with zero attached hydrogens (tertiary/aromatic N) is 1. The molecule has 5 unspecified atom stereocenters. The second-order valence-corrected chi connectivity index (χ2v) is 5.88. The van der Waals surface area contributed by atoms with Crippen LogP contribution in [0.2, 0.25) is 0 Å². The van der Waals surface area contributed by atoms with Crippen molar-refractivity contribution in [2.45, 2.75) is 64.8 Å². The van der Waals surface area contributed by atoms with Gasteiger partial charge in [-0.3, -0.25) is 4.90 Å². The van der Waals surface area contributed by atoms with E-state index >= 15 is 0 Å². The van der Waals surface area contributed by atoms with Crippen LogP contribution in [-0.2, 0) is 4.74 Å². The van der Waals surface area contributed by atoms with Crippen molar-refractivity contribution in [3.63, 3.8) is 0 Å². The fraction of sp³-hybridized carbons (Fsp3) is 1.00. The van der Waals surface area contributed by atoms with Crippen LogP contribution in [-0.4, -0.2) is 48.8 Å². The molecule has 5 atom stereocenters. The van der Waals surface area contributed by atoms with Crippen LogP contribution in [0.5, 0.6) is 0 Å². The average molecular weight is 240 g/mol. The Morgan fingerprint density at radius 1 is 1.41 bits per heavy atom. The molecular weight excluding hydrogens is 212 g/mol. The fourth-order valence-corrected chi connectivity index (χ4v) is 3.19. The summed E-state index contributed by atoms with van der Waals surface area (Å²) in [4.78, 5) is 2.69. The molecule has 17 heavy (non-hydrogen) atoms. The summed E-state index contributed by atoms with van der Waals surface area (Å²) in [5, 5.41) is 3.71. The normalized spacial score (nSPS) is 41.6. The molecule has 100 valence electrons. The first-order valence-electron chi connectivity index (χ1n) is 7.24. The summed E-state index contributed by atoms with van der Waals surface area (Å²) in [6.45, 7) is 12.5. The third-order valence-electron chi connectivity index (χ3n) is 4.74. The molecule has 0 aromatic carbocycles. The highest BCUT2D eigenvalue weighted by molar-refractivity contribution is 4.93. The lowest BCUT2D eigenvalue weighted by Gasteiger charge is -2.44. The Balaban J connectivity index is 1.99. The highest BCUT2D eigenvalue weighted by Crippen LogP contribution is 2.25. The highest BCUT2D eigenvalue weighted by atomic mass is 16.5. The second-order valence-electron chi connectivity index (χ2n) is 5.88. The van der Waals surface area contributed by atoms with Gasteiger partial charge in [-0.05, 0) is 26.2 Å². The van der Waals surface area contributed by atoms with Crippen LogP contribution in [0, 0.1) is 5.92 Å². The van der Waals surface area contributed by atoms with Gasteiger partial charge in [-0.15, -0.1) is 0 Å². The zero-order valence-corrected chi connectivity index (χ0v) is 11.8. The van der Waals surface area contributed by atoms with Crippen LogP contribution in [0.3, 0.4) is 0 Å². The van der Waals surface area contributed by atoms with Gasteiger partial charge in [0.2, 0.25) is 0 Å². The van der Waals surface area contributed by atoms with Crippen molar-refractivity contribution < 1.29 is 4.74 Å². The molecule has 2 rings (SSSR count). The smallest absolute Gasteiger partial charge is 0.0703 e. The SMILES string of the molecule is CCC(C)C1CN(C2CCOC2C)C(C)CN1. The molecule has 2 aliphatic rings. The summed E-state index contributed by atoms with van der Waals surface area (Å²) in [7, 11) is 0. The molecule has 0 aliphatic carbocycles. The Labute approximate surface area is 106 Å². The first-order valence-corrected chi connectivity index (χ1v) is 7.24. The summed E-state index contributed by atoms with van der Waals surface area (Å²) in [5.74, 6) is 0.766. The second kappa shape index (κ2) is 5.68. The lowest BCUT2D eigenvalue weighted by Crippen LogP contribution is -2.61. The van der Waals surface area contributed by atoms with E-state index in [9.17, 15) is 0 Å². The molecule has 0 amide bonds. The van der Waals surface area contributed by atoms with Crippen molar-refractivity contribution >= 4 is 0 Å². The zero-order chi connectivity index (χ0) is 12.4. The van der Waals surface area contributed by atoms with Crippen LogP contribution in [0.4, 0.5) is 0 Å². The molecular formula is C14H28N2O. The number of ether oxygens (including phenoxy) is 1. The Bertz CT molecular complexity index is 246. The fourth-order valence-electron chi connectivity index (χ4n) is 3.19. The predicted molar refractivity (Wildman–Crippen MR) is 71.2 cm³/mol. The minimum absolute atomic E-state index is 0.410. The molecule has 1 N–H and O–H groups in total. The lowest BCUT2D eigenvalue weighted by atomic mass is 9.94. The number of hydrogen-bond donors (Lipinski definition) is 1. The van der Waals surface area contributed by atoms with Gasteiger partial charge in [0, 0.05) is 37.8 Å². The molecule has 0 aromatic rings. The van der Waals surface area contributed by atoms with Crippen LogP contribution in [0.25, 0.3) is 0 Å². The maximum Gasteiger partial charge on any atom is 0.0703 e. The van der Waals surface area contributed by atoms with Crippen molar-refractivity contribution in [3.8, 4) is 0 Å². The minimum Gasteiger partial charge on any atom is -0.377 e. The van der Waals surface area contributed by atoms with Gasteiger partial charge in [0.05, 0.1) is 6.10 Å². The molecule has 2 fully saturated rings. The Morgan fingerprint density at radius 3 is 2.76 bits per heavy atom. The molecule has 3 heteroatoms. The molecule has 0 spiro atoms. The molecule has 2 aliphatic heterocycles. The van der Waals surface area contributed by atoms with Gasteiger partial charge in [-0.25, -0.2) is 0 Å². The third-order valence-corrected chi connectivity index (χ3v) is 4.74. The highest BCUT2D eigenvalue weighted by Gasteiger charge is 2.37. The quantitative estimate of drug-likeness (QED) is 0.815. The van der Waals surface area contributed by atoms with E-state index in [4.69, 9.17) is 4.74 Å². The summed E-state index contributed by atoms with van der Waals surface area (Å²) in [6.07, 6.45) is 2.88. The number of piperazine rings is 1. The largest absolute Gasteiger partial charge is 0.377 e. The van der Waals surface area contributed by atoms with Gasteiger partial charge in [-0.2, -0.15) is 0 Å². The number of nitrogens with one attached hydrogen (secondary N) is 1. The summed E-state index contributed by atoms with van der Waals surface area (Å²) in [5.41, 5.74) is 0. The Morgan fingerprint density at radius 2 is 2.18 bits per heavy atom. The van der Waals surface area contributed by atoms with Crippen molar-refractivity contribution in [1.82, 2.24) is 10.2 Å². The molecule has 0 bridgehead atoms. The third kappa shape index (κ3) is 2.83. The van der Waals surface area contributed by atoms with Crippen molar-refractivity contribution in [1.29, 1.82) is 0 Å². The van der Waals surface area contributed by atoms with E-state index in [1.165, 1.54) is 19.4 Å². The first-order chi connectivity index (χ1) is 8.13. The van der Waals surface area contributed by atoms with E-state index in [2.05, 4.69) is 37.9 Å². The summed E-state index contributed by atoms with van der Waals surface area (Å²) in [6, 6.07) is 1.94. The minimum atomic E-state index is 0.410. The van der Waals surface area contributed by atoms with Gasteiger partial charge in [0.15, 0.2) is 0 Å². The van der Waals surface area contributed by atoms with E-state index < -0.39 is 0 Å². The van der Waals surface area contributed by atoms with Crippen LogP contribution in [0.1, 0.15) is 40.5 Å². The van der Waals surface area contributed by atoms with Crippen LogP contribution < -0.4 is 5.32 Å². The summed E-state index contributed by atoms with van der Waals surface area (Å²) < 4.78 is 5.73. The van der Waals surface area contributed by atoms with Crippen molar-refractivity contribution in [3.05, 3.63) is 0 Å². The molecule has 2 heterocycles. The maximum atomic E-state index is 5.73. The van der Waals surface area contributed by atoms with Gasteiger partial charge >= 0.3 is 0 Å². The Hall–Kier alpha value is -0.120. The van der Waals surface area contributed by atoms with Gasteiger partial charge in [0.25, 0.3) is 0 Å². The van der Waals surface area contributed by atoms with Gasteiger partial charge < -0.3 is 10.1 Å². The van der Waals surface area contributed by atoms with Gasteiger partial charge in [0.1, 0.15) is 0 Å². The first kappa shape index (κ1) is 13.3. The molecule has 0 saturated carbocycles. The molecule has 0 aromatic heterocycles. The standard InChI is InChI=1S/C14H28N2O/c1-5-10(2)13-9-16(11(3)8-15-13)14-6-7-17-12(14)4/h10-15H,5-9H2,1-4H3. The van der Waals surface area contributed by atoms with E-state index in [0.717, 1.165) is 19.1 Å². The van der Waals surface area contributed by atoms with Crippen molar-refractivity contribution in [2.24, 2.45) is 5.92 Å². The predicted octanol–water partition coefficient (Wildman–Crippen LogP) is 1.87.